The van der Waals surface area contributed by atoms with Crippen molar-refractivity contribution in [3.63, 3.8) is 0 Å². The van der Waals surface area contributed by atoms with E-state index in [1.54, 1.807) is 0 Å². The van der Waals surface area contributed by atoms with E-state index in [0.717, 1.165) is 17.3 Å². The number of hydrogen-bond acceptors (Lipinski definition) is 2. The van der Waals surface area contributed by atoms with Gasteiger partial charge in [-0.15, -0.1) is 0 Å². The number of piperidine rings is 1. The van der Waals surface area contributed by atoms with Gasteiger partial charge in [0.15, 0.2) is 0 Å². The lowest BCUT2D eigenvalue weighted by Crippen LogP contribution is -2.38. The fraction of sp³-hybridized carbons (Fsp3) is 0.538. The molecule has 0 aromatic heterocycles. The highest BCUT2D eigenvalue weighted by Gasteiger charge is 2.18. The zero-order valence-electron chi connectivity index (χ0n) is 10.0. The number of rotatable bonds is 3. The number of anilines is 1. The molecule has 1 aliphatic rings. The molecular weight excluding hydrogens is 347 g/mol. The number of benzene rings is 1. The summed E-state index contributed by atoms with van der Waals surface area (Å²) in [6.07, 6.45) is 2.41. The SMILES string of the molecule is CCN1CCC(Nc2ccc(I)cc2Cl)CC1. The highest BCUT2D eigenvalue weighted by atomic mass is 127. The van der Waals surface area contributed by atoms with Crippen LogP contribution >= 0.6 is 34.2 Å². The van der Waals surface area contributed by atoms with Crippen molar-refractivity contribution in [2.24, 2.45) is 0 Å². The molecule has 0 saturated carbocycles. The van der Waals surface area contributed by atoms with Crippen LogP contribution in [0.1, 0.15) is 19.8 Å². The molecule has 1 aliphatic heterocycles. The minimum Gasteiger partial charge on any atom is -0.381 e. The Balaban J connectivity index is 1.93. The van der Waals surface area contributed by atoms with Gasteiger partial charge < -0.3 is 10.2 Å². The van der Waals surface area contributed by atoms with Crippen molar-refractivity contribution >= 4 is 39.9 Å². The molecule has 0 radical (unpaired) electrons. The van der Waals surface area contributed by atoms with E-state index in [1.165, 1.54) is 29.5 Å². The lowest BCUT2D eigenvalue weighted by Gasteiger charge is -2.32. The molecule has 94 valence electrons. The summed E-state index contributed by atoms with van der Waals surface area (Å²) >= 11 is 8.51. The third-order valence-electron chi connectivity index (χ3n) is 3.33. The molecular formula is C13H18ClIN2. The lowest BCUT2D eigenvalue weighted by molar-refractivity contribution is 0.229. The van der Waals surface area contributed by atoms with E-state index < -0.39 is 0 Å². The van der Waals surface area contributed by atoms with E-state index in [9.17, 15) is 0 Å². The Bertz CT molecular complexity index is 376. The van der Waals surface area contributed by atoms with Gasteiger partial charge in [0.1, 0.15) is 0 Å². The van der Waals surface area contributed by atoms with Crippen molar-refractivity contribution in [1.29, 1.82) is 0 Å². The summed E-state index contributed by atoms with van der Waals surface area (Å²) in [4.78, 5) is 2.49. The van der Waals surface area contributed by atoms with Crippen molar-refractivity contribution in [2.45, 2.75) is 25.8 Å². The van der Waals surface area contributed by atoms with Crippen LogP contribution in [0.2, 0.25) is 5.02 Å². The van der Waals surface area contributed by atoms with Crippen molar-refractivity contribution < 1.29 is 0 Å². The van der Waals surface area contributed by atoms with E-state index in [2.05, 4.69) is 51.9 Å². The molecule has 0 atom stereocenters. The Morgan fingerprint density at radius 1 is 1.41 bits per heavy atom. The van der Waals surface area contributed by atoms with Crippen LogP contribution in [0.15, 0.2) is 18.2 Å². The molecule has 0 spiro atoms. The van der Waals surface area contributed by atoms with Crippen LogP contribution in [0, 0.1) is 3.57 Å². The van der Waals surface area contributed by atoms with E-state index in [1.807, 2.05) is 6.07 Å². The fourth-order valence-electron chi connectivity index (χ4n) is 2.22. The van der Waals surface area contributed by atoms with Gasteiger partial charge in [0.05, 0.1) is 10.7 Å². The lowest BCUT2D eigenvalue weighted by atomic mass is 10.0. The molecule has 0 amide bonds. The van der Waals surface area contributed by atoms with Crippen LogP contribution in [-0.2, 0) is 0 Å². The van der Waals surface area contributed by atoms with Gasteiger partial charge in [-0.05, 0) is 60.2 Å². The Morgan fingerprint density at radius 3 is 2.71 bits per heavy atom. The van der Waals surface area contributed by atoms with E-state index in [4.69, 9.17) is 11.6 Å². The van der Waals surface area contributed by atoms with Crippen LogP contribution in [0.3, 0.4) is 0 Å². The van der Waals surface area contributed by atoms with Gasteiger partial charge in [0, 0.05) is 22.7 Å². The first kappa shape index (κ1) is 13.4. The second-order valence-corrected chi connectivity index (χ2v) is 6.13. The number of nitrogens with one attached hydrogen (secondary N) is 1. The first-order chi connectivity index (χ1) is 8.19. The maximum absolute atomic E-state index is 6.23. The molecule has 2 rings (SSSR count). The molecule has 1 aromatic carbocycles. The van der Waals surface area contributed by atoms with Gasteiger partial charge in [-0.3, -0.25) is 0 Å². The normalized spacial score (nSPS) is 18.3. The Hall–Kier alpha value is -0.0000000000000000555. The predicted molar refractivity (Wildman–Crippen MR) is 82.9 cm³/mol. The molecule has 0 unspecified atom stereocenters. The van der Waals surface area contributed by atoms with Gasteiger partial charge in [-0.25, -0.2) is 0 Å². The second-order valence-electron chi connectivity index (χ2n) is 4.48. The second kappa shape index (κ2) is 6.25. The third-order valence-corrected chi connectivity index (χ3v) is 4.31. The Morgan fingerprint density at radius 2 is 2.12 bits per heavy atom. The third kappa shape index (κ3) is 3.73. The Kier molecular flexibility index (Phi) is 4.94. The molecule has 1 saturated heterocycles. The summed E-state index contributed by atoms with van der Waals surface area (Å²) < 4.78 is 1.18. The molecule has 4 heteroatoms. The summed E-state index contributed by atoms with van der Waals surface area (Å²) in [5.41, 5.74) is 1.07. The van der Waals surface area contributed by atoms with Crippen molar-refractivity contribution in [3.05, 3.63) is 26.8 Å². The molecule has 0 aliphatic carbocycles. The van der Waals surface area contributed by atoms with Gasteiger partial charge in [-0.1, -0.05) is 18.5 Å². The molecule has 17 heavy (non-hydrogen) atoms. The van der Waals surface area contributed by atoms with Crippen molar-refractivity contribution in [1.82, 2.24) is 4.90 Å². The average Bonchev–Trinajstić information content (AvgIpc) is 2.34. The first-order valence-electron chi connectivity index (χ1n) is 6.13. The zero-order chi connectivity index (χ0) is 12.3. The Labute approximate surface area is 122 Å². The standard InChI is InChI=1S/C13H18ClIN2/c1-2-17-7-5-11(6-8-17)16-13-4-3-10(15)9-12(13)14/h3-4,9,11,16H,2,5-8H2,1H3. The highest BCUT2D eigenvalue weighted by molar-refractivity contribution is 14.1. The first-order valence-corrected chi connectivity index (χ1v) is 7.58. The zero-order valence-corrected chi connectivity index (χ0v) is 13.0. The highest BCUT2D eigenvalue weighted by Crippen LogP contribution is 2.26. The van der Waals surface area contributed by atoms with Crippen molar-refractivity contribution in [2.75, 3.05) is 25.0 Å². The topological polar surface area (TPSA) is 15.3 Å². The van der Waals surface area contributed by atoms with E-state index in [-0.39, 0.29) is 0 Å². The molecule has 1 fully saturated rings. The monoisotopic (exact) mass is 364 g/mol. The summed E-state index contributed by atoms with van der Waals surface area (Å²) in [5, 5.41) is 4.39. The minimum absolute atomic E-state index is 0.565. The van der Waals surface area contributed by atoms with Crippen LogP contribution in [-0.4, -0.2) is 30.6 Å². The van der Waals surface area contributed by atoms with E-state index >= 15 is 0 Å². The van der Waals surface area contributed by atoms with Crippen LogP contribution in [0.25, 0.3) is 0 Å². The number of halogens is 2. The van der Waals surface area contributed by atoms with Crippen LogP contribution < -0.4 is 5.32 Å². The fourth-order valence-corrected chi connectivity index (χ4v) is 3.13. The van der Waals surface area contributed by atoms with Gasteiger partial charge >= 0.3 is 0 Å². The maximum Gasteiger partial charge on any atom is 0.0648 e. The summed E-state index contributed by atoms with van der Waals surface area (Å²) in [5.74, 6) is 0. The maximum atomic E-state index is 6.23. The largest absolute Gasteiger partial charge is 0.381 e. The summed E-state index contributed by atoms with van der Waals surface area (Å²) in [7, 11) is 0. The van der Waals surface area contributed by atoms with Gasteiger partial charge in [0.25, 0.3) is 0 Å². The smallest absolute Gasteiger partial charge is 0.0648 e. The molecule has 1 N–H and O–H groups in total. The van der Waals surface area contributed by atoms with Crippen LogP contribution in [0.5, 0.6) is 0 Å². The number of likely N-dealkylation sites (tertiary alicyclic amines) is 1. The van der Waals surface area contributed by atoms with Crippen molar-refractivity contribution in [3.8, 4) is 0 Å². The summed E-state index contributed by atoms with van der Waals surface area (Å²) in [6.45, 7) is 5.77. The number of hydrogen-bond donors (Lipinski definition) is 1. The minimum atomic E-state index is 0.565. The average molecular weight is 365 g/mol. The molecule has 1 aromatic rings. The quantitative estimate of drug-likeness (QED) is 0.820. The summed E-state index contributed by atoms with van der Waals surface area (Å²) in [6, 6.07) is 6.74. The van der Waals surface area contributed by atoms with Gasteiger partial charge in [-0.2, -0.15) is 0 Å². The molecule has 2 nitrogen and oxygen atoms in total. The predicted octanol–water partition coefficient (Wildman–Crippen LogP) is 3.84. The molecule has 0 bridgehead atoms. The van der Waals surface area contributed by atoms with Crippen LogP contribution in [0.4, 0.5) is 5.69 Å². The molecule has 1 heterocycles. The number of nitrogens with zero attached hydrogens (tertiary/aromatic N) is 1. The van der Waals surface area contributed by atoms with E-state index in [0.29, 0.717) is 6.04 Å². The van der Waals surface area contributed by atoms with Gasteiger partial charge in [0.2, 0.25) is 0 Å².